The minimum absolute atomic E-state index is 0.629. The molecule has 4 heteroatoms. The number of hydrogen-bond donors (Lipinski definition) is 2. The molecule has 1 aliphatic rings. The molecule has 0 spiro atoms. The average Bonchev–Trinajstić information content (AvgIpc) is 2.78. The van der Waals surface area contributed by atoms with E-state index in [1.807, 2.05) is 24.3 Å². The topological polar surface area (TPSA) is 49.3 Å². The molecule has 92 valence electrons. The Balaban J connectivity index is 2.00. The third-order valence-electron chi connectivity index (χ3n) is 3.41. The monoisotopic (exact) mass is 253 g/mol. The van der Waals surface area contributed by atoms with Crippen LogP contribution < -0.4 is 5.32 Å². The van der Waals surface area contributed by atoms with Crippen molar-refractivity contribution < 1.29 is 9.90 Å². The van der Waals surface area contributed by atoms with Crippen LogP contribution in [0.25, 0.3) is 0 Å². The lowest BCUT2D eigenvalue weighted by Crippen LogP contribution is -2.47. The smallest absolute Gasteiger partial charge is 0.323 e. The molecule has 3 nitrogen and oxygen atoms in total. The second kappa shape index (κ2) is 5.07. The summed E-state index contributed by atoms with van der Waals surface area (Å²) in [6.07, 6.45) is 3.04. The summed E-state index contributed by atoms with van der Waals surface area (Å²) in [5, 5.41) is 13.1. The molecule has 1 aromatic carbocycles. The normalized spacial score (nSPS) is 23.8. The van der Waals surface area contributed by atoms with Crippen molar-refractivity contribution in [1.29, 1.82) is 0 Å². The fraction of sp³-hybridized carbons (Fsp3) is 0.462. The molecule has 2 N–H and O–H groups in total. The van der Waals surface area contributed by atoms with Gasteiger partial charge in [0, 0.05) is 5.02 Å². The van der Waals surface area contributed by atoms with Gasteiger partial charge in [-0.3, -0.25) is 4.79 Å². The number of aliphatic carboxylic acids is 1. The van der Waals surface area contributed by atoms with Gasteiger partial charge in [0.1, 0.15) is 5.54 Å². The van der Waals surface area contributed by atoms with Crippen LogP contribution in [-0.2, 0) is 11.2 Å². The predicted molar refractivity (Wildman–Crippen MR) is 67.4 cm³/mol. The van der Waals surface area contributed by atoms with Crippen molar-refractivity contribution in [1.82, 2.24) is 5.32 Å². The maximum Gasteiger partial charge on any atom is 0.323 e. The van der Waals surface area contributed by atoms with Gasteiger partial charge in [-0.25, -0.2) is 0 Å². The summed E-state index contributed by atoms with van der Waals surface area (Å²) in [4.78, 5) is 11.3. The molecule has 1 saturated heterocycles. The minimum Gasteiger partial charge on any atom is -0.480 e. The first-order valence-corrected chi connectivity index (χ1v) is 6.23. The molecule has 17 heavy (non-hydrogen) atoms. The van der Waals surface area contributed by atoms with Crippen molar-refractivity contribution in [2.75, 3.05) is 6.54 Å². The number of carbonyl (C=O) groups is 1. The molecule has 0 aromatic heterocycles. The SMILES string of the molecule is O=C(O)C1(CCc2ccc(Cl)cc2)CCCN1. The van der Waals surface area contributed by atoms with Crippen molar-refractivity contribution in [2.45, 2.75) is 31.2 Å². The first-order chi connectivity index (χ1) is 8.12. The first kappa shape index (κ1) is 12.4. The van der Waals surface area contributed by atoms with Crippen LogP contribution in [0, 0.1) is 0 Å². The zero-order valence-corrected chi connectivity index (χ0v) is 10.3. The molecule has 0 amide bonds. The molecule has 1 aliphatic heterocycles. The van der Waals surface area contributed by atoms with E-state index in [1.54, 1.807) is 0 Å². The van der Waals surface area contributed by atoms with Crippen molar-refractivity contribution in [3.05, 3.63) is 34.9 Å². The second-order valence-corrected chi connectivity index (χ2v) is 4.98. The van der Waals surface area contributed by atoms with E-state index < -0.39 is 11.5 Å². The van der Waals surface area contributed by atoms with Gasteiger partial charge in [-0.2, -0.15) is 0 Å². The van der Waals surface area contributed by atoms with E-state index in [-0.39, 0.29) is 0 Å². The lowest BCUT2D eigenvalue weighted by molar-refractivity contribution is -0.144. The molecular weight excluding hydrogens is 238 g/mol. The summed E-state index contributed by atoms with van der Waals surface area (Å²) in [6.45, 7) is 0.799. The summed E-state index contributed by atoms with van der Waals surface area (Å²) >= 11 is 5.81. The largest absolute Gasteiger partial charge is 0.480 e. The zero-order valence-electron chi connectivity index (χ0n) is 9.58. The third-order valence-corrected chi connectivity index (χ3v) is 3.66. The van der Waals surface area contributed by atoms with Crippen LogP contribution in [0.4, 0.5) is 0 Å². The van der Waals surface area contributed by atoms with Crippen LogP contribution in [0.1, 0.15) is 24.8 Å². The van der Waals surface area contributed by atoms with Gasteiger partial charge >= 0.3 is 5.97 Å². The highest BCUT2D eigenvalue weighted by Crippen LogP contribution is 2.25. The maximum absolute atomic E-state index is 11.3. The number of rotatable bonds is 4. The number of hydrogen-bond acceptors (Lipinski definition) is 2. The molecule has 0 saturated carbocycles. The number of benzene rings is 1. The van der Waals surface area contributed by atoms with Gasteiger partial charge < -0.3 is 10.4 Å². The van der Waals surface area contributed by atoms with Crippen LogP contribution in [-0.4, -0.2) is 23.2 Å². The molecule has 1 unspecified atom stereocenters. The van der Waals surface area contributed by atoms with Crippen molar-refractivity contribution in [3.63, 3.8) is 0 Å². The summed E-state index contributed by atoms with van der Waals surface area (Å²) in [6, 6.07) is 7.58. The Morgan fingerprint density at radius 2 is 2.12 bits per heavy atom. The Bertz CT molecular complexity index is 396. The van der Waals surface area contributed by atoms with Gasteiger partial charge in [-0.15, -0.1) is 0 Å². The van der Waals surface area contributed by atoms with Gasteiger partial charge in [-0.1, -0.05) is 23.7 Å². The van der Waals surface area contributed by atoms with Crippen LogP contribution in [0.2, 0.25) is 5.02 Å². The Morgan fingerprint density at radius 3 is 2.65 bits per heavy atom. The lowest BCUT2D eigenvalue weighted by Gasteiger charge is -2.24. The van der Waals surface area contributed by atoms with E-state index in [4.69, 9.17) is 11.6 Å². The predicted octanol–water partition coefficient (Wildman–Crippen LogP) is 2.48. The van der Waals surface area contributed by atoms with Crippen LogP contribution in [0.5, 0.6) is 0 Å². The standard InChI is InChI=1S/C13H16ClNO2/c14-11-4-2-10(3-5-11)6-8-13(12(16)17)7-1-9-15-13/h2-5,15H,1,6-9H2,(H,16,17). The van der Waals surface area contributed by atoms with Crippen molar-refractivity contribution >= 4 is 17.6 Å². The quantitative estimate of drug-likeness (QED) is 0.867. The number of carboxylic acid groups (broad SMARTS) is 1. The Labute approximate surface area is 106 Å². The van der Waals surface area contributed by atoms with E-state index in [0.29, 0.717) is 11.4 Å². The highest BCUT2D eigenvalue weighted by Gasteiger charge is 2.40. The van der Waals surface area contributed by atoms with Crippen molar-refractivity contribution in [3.8, 4) is 0 Å². The molecule has 0 radical (unpaired) electrons. The minimum atomic E-state index is -0.732. The van der Waals surface area contributed by atoms with E-state index in [0.717, 1.165) is 31.4 Å². The van der Waals surface area contributed by atoms with Crippen LogP contribution in [0.3, 0.4) is 0 Å². The van der Waals surface area contributed by atoms with Gasteiger partial charge in [0.2, 0.25) is 0 Å². The summed E-state index contributed by atoms with van der Waals surface area (Å²) < 4.78 is 0. The fourth-order valence-electron chi connectivity index (χ4n) is 2.32. The second-order valence-electron chi connectivity index (χ2n) is 4.54. The molecule has 0 aliphatic carbocycles. The van der Waals surface area contributed by atoms with Crippen molar-refractivity contribution in [2.24, 2.45) is 0 Å². The number of aryl methyl sites for hydroxylation is 1. The van der Waals surface area contributed by atoms with E-state index in [2.05, 4.69) is 5.32 Å². The first-order valence-electron chi connectivity index (χ1n) is 5.85. The molecule has 1 aromatic rings. The van der Waals surface area contributed by atoms with Gasteiger partial charge in [-0.05, 0) is 49.9 Å². The summed E-state index contributed by atoms with van der Waals surface area (Å²) in [5.74, 6) is -0.732. The molecule has 1 fully saturated rings. The van der Waals surface area contributed by atoms with E-state index in [9.17, 15) is 9.90 Å². The molecule has 0 bridgehead atoms. The molecule has 2 rings (SSSR count). The zero-order chi connectivity index (χ0) is 12.3. The highest BCUT2D eigenvalue weighted by atomic mass is 35.5. The Kier molecular flexibility index (Phi) is 3.69. The molecule has 1 heterocycles. The summed E-state index contributed by atoms with van der Waals surface area (Å²) in [7, 11) is 0. The lowest BCUT2D eigenvalue weighted by atomic mass is 9.90. The van der Waals surface area contributed by atoms with Crippen LogP contribution in [0.15, 0.2) is 24.3 Å². The average molecular weight is 254 g/mol. The Morgan fingerprint density at radius 1 is 1.41 bits per heavy atom. The molecular formula is C13H16ClNO2. The maximum atomic E-state index is 11.3. The molecule has 1 atom stereocenters. The van der Waals surface area contributed by atoms with E-state index in [1.165, 1.54) is 0 Å². The van der Waals surface area contributed by atoms with Gasteiger partial charge in [0.25, 0.3) is 0 Å². The van der Waals surface area contributed by atoms with Gasteiger partial charge in [0.05, 0.1) is 0 Å². The number of nitrogens with one attached hydrogen (secondary N) is 1. The van der Waals surface area contributed by atoms with E-state index >= 15 is 0 Å². The fourth-order valence-corrected chi connectivity index (χ4v) is 2.44. The summed E-state index contributed by atoms with van der Waals surface area (Å²) in [5.41, 5.74) is 0.406. The van der Waals surface area contributed by atoms with Crippen LogP contribution >= 0.6 is 11.6 Å². The Hall–Kier alpha value is -1.06. The third kappa shape index (κ3) is 2.79. The number of carboxylic acids is 1. The van der Waals surface area contributed by atoms with Gasteiger partial charge in [0.15, 0.2) is 0 Å². The highest BCUT2D eigenvalue weighted by molar-refractivity contribution is 6.30. The number of halogens is 1.